The monoisotopic (exact) mass is 371 g/mol. The van der Waals surface area contributed by atoms with Gasteiger partial charge in [0.1, 0.15) is 12.7 Å². The van der Waals surface area contributed by atoms with E-state index in [1.165, 1.54) is 0 Å². The summed E-state index contributed by atoms with van der Waals surface area (Å²) < 4.78 is 12.5. The van der Waals surface area contributed by atoms with Crippen molar-refractivity contribution in [3.63, 3.8) is 0 Å². The zero-order chi connectivity index (χ0) is 19.8. The number of nitrogens with zero attached hydrogens (tertiary/aromatic N) is 1. The second-order valence-electron chi connectivity index (χ2n) is 7.08. The first kappa shape index (κ1) is 19.5. The molecule has 3 aromatic rings. The Bertz CT molecular complexity index is 914. The van der Waals surface area contributed by atoms with Gasteiger partial charge in [-0.2, -0.15) is 5.26 Å². The fraction of sp³-hybridized carbons (Fsp3) is 0.240. The molecular weight excluding hydrogens is 346 g/mol. The molecule has 3 nitrogen and oxygen atoms in total. The molecule has 1 atom stereocenters. The molecule has 0 N–H and O–H groups in total. The minimum atomic E-state index is -0.0814. The van der Waals surface area contributed by atoms with E-state index in [1.807, 2.05) is 66.7 Å². The van der Waals surface area contributed by atoms with Gasteiger partial charge in [0.2, 0.25) is 0 Å². The Hall–Kier alpha value is -3.25. The van der Waals surface area contributed by atoms with E-state index in [-0.39, 0.29) is 6.10 Å². The van der Waals surface area contributed by atoms with Gasteiger partial charge in [-0.15, -0.1) is 0 Å². The maximum absolute atomic E-state index is 9.03. The molecule has 3 rings (SSSR count). The third-order valence-electron chi connectivity index (χ3n) is 4.52. The topological polar surface area (TPSA) is 42.2 Å². The summed E-state index contributed by atoms with van der Waals surface area (Å²) in [6.45, 7) is 4.74. The van der Waals surface area contributed by atoms with Gasteiger partial charge < -0.3 is 9.47 Å². The minimum absolute atomic E-state index is 0.0814. The van der Waals surface area contributed by atoms with Crippen molar-refractivity contribution in [3.05, 3.63) is 95.6 Å². The second kappa shape index (κ2) is 9.62. The Kier molecular flexibility index (Phi) is 6.70. The number of nitriles is 1. The van der Waals surface area contributed by atoms with E-state index >= 15 is 0 Å². The lowest BCUT2D eigenvalue weighted by Crippen LogP contribution is -2.15. The Morgan fingerprint density at radius 3 is 2.14 bits per heavy atom. The number of ether oxygens (including phenoxy) is 2. The van der Waals surface area contributed by atoms with Crippen LogP contribution in [0.1, 0.15) is 36.6 Å². The quantitative estimate of drug-likeness (QED) is 0.480. The molecule has 0 amide bonds. The smallest absolute Gasteiger partial charge is 0.162 e. The molecule has 3 heteroatoms. The summed E-state index contributed by atoms with van der Waals surface area (Å²) in [7, 11) is 0. The van der Waals surface area contributed by atoms with E-state index < -0.39 is 0 Å². The third kappa shape index (κ3) is 5.14. The average Bonchev–Trinajstić information content (AvgIpc) is 2.73. The highest BCUT2D eigenvalue weighted by molar-refractivity contribution is 5.44. The van der Waals surface area contributed by atoms with Crippen LogP contribution in [0, 0.1) is 17.2 Å². The Morgan fingerprint density at radius 1 is 0.821 bits per heavy atom. The maximum Gasteiger partial charge on any atom is 0.162 e. The van der Waals surface area contributed by atoms with Gasteiger partial charge >= 0.3 is 0 Å². The fourth-order valence-corrected chi connectivity index (χ4v) is 3.07. The Labute approximate surface area is 167 Å². The number of hydrogen-bond acceptors (Lipinski definition) is 3. The van der Waals surface area contributed by atoms with E-state index in [0.717, 1.165) is 16.7 Å². The molecule has 3 aromatic carbocycles. The first-order valence-corrected chi connectivity index (χ1v) is 9.55. The first-order valence-electron chi connectivity index (χ1n) is 9.55. The summed E-state index contributed by atoms with van der Waals surface area (Å²) in [5.74, 6) is 1.65. The molecule has 0 radical (unpaired) electrons. The van der Waals surface area contributed by atoms with Crippen LogP contribution < -0.4 is 9.47 Å². The van der Waals surface area contributed by atoms with Gasteiger partial charge in [0.05, 0.1) is 12.5 Å². The highest BCUT2D eigenvalue weighted by atomic mass is 16.5. The van der Waals surface area contributed by atoms with Gasteiger partial charge in [0, 0.05) is 0 Å². The Morgan fingerprint density at radius 2 is 1.50 bits per heavy atom. The maximum atomic E-state index is 9.03. The zero-order valence-corrected chi connectivity index (χ0v) is 16.3. The molecule has 1 unspecified atom stereocenters. The number of benzene rings is 3. The average molecular weight is 371 g/mol. The van der Waals surface area contributed by atoms with E-state index in [4.69, 9.17) is 14.7 Å². The summed E-state index contributed by atoms with van der Waals surface area (Å²) in [5, 5.41) is 9.03. The first-order chi connectivity index (χ1) is 13.7. The molecule has 0 fully saturated rings. The van der Waals surface area contributed by atoms with Gasteiger partial charge in [0.25, 0.3) is 0 Å². The van der Waals surface area contributed by atoms with Gasteiger partial charge in [-0.05, 0) is 34.7 Å². The molecule has 0 bridgehead atoms. The van der Waals surface area contributed by atoms with E-state index in [2.05, 4.69) is 32.0 Å². The predicted octanol–water partition coefficient (Wildman–Crippen LogP) is 6.11. The van der Waals surface area contributed by atoms with Crippen molar-refractivity contribution in [1.82, 2.24) is 0 Å². The molecule has 0 saturated heterocycles. The molecule has 0 heterocycles. The summed E-state index contributed by atoms with van der Waals surface area (Å²) in [6.07, 6.45) is 0.260. The molecular formula is C25H25NO2. The highest BCUT2D eigenvalue weighted by Crippen LogP contribution is 2.35. The van der Waals surface area contributed by atoms with Crippen LogP contribution in [0.5, 0.6) is 11.5 Å². The normalized spacial score (nSPS) is 11.6. The summed E-state index contributed by atoms with van der Waals surface area (Å²) in [6, 6.07) is 28.2. The minimum Gasteiger partial charge on any atom is -0.485 e. The lowest BCUT2D eigenvalue weighted by molar-refractivity contribution is 0.144. The van der Waals surface area contributed by atoms with E-state index in [1.54, 1.807) is 0 Å². The molecule has 142 valence electrons. The lowest BCUT2D eigenvalue weighted by Gasteiger charge is -2.24. The summed E-state index contributed by atoms with van der Waals surface area (Å²) in [4.78, 5) is 0. The Balaban J connectivity index is 1.87. The largest absolute Gasteiger partial charge is 0.485 e. The standard InChI is InChI=1S/C25H25NO2/c1-19(2)25(22-11-7-4-8-12-22)28-23-14-13-20(15-16-26)17-24(23)27-18-21-9-5-3-6-10-21/h3-14,17,19,25H,15,18H2,1-2H3. The van der Waals surface area contributed by atoms with Crippen molar-refractivity contribution >= 4 is 0 Å². The van der Waals surface area contributed by atoms with Crippen LogP contribution >= 0.6 is 0 Å². The van der Waals surface area contributed by atoms with Crippen molar-refractivity contribution < 1.29 is 9.47 Å². The molecule has 0 aliphatic heterocycles. The van der Waals surface area contributed by atoms with Gasteiger partial charge in [-0.1, -0.05) is 80.6 Å². The summed E-state index contributed by atoms with van der Waals surface area (Å²) in [5.41, 5.74) is 3.13. The van der Waals surface area contributed by atoms with Crippen molar-refractivity contribution in [2.24, 2.45) is 5.92 Å². The van der Waals surface area contributed by atoms with Gasteiger partial charge in [-0.25, -0.2) is 0 Å². The van der Waals surface area contributed by atoms with Gasteiger partial charge in [0.15, 0.2) is 11.5 Å². The second-order valence-corrected chi connectivity index (χ2v) is 7.08. The third-order valence-corrected chi connectivity index (χ3v) is 4.52. The van der Waals surface area contributed by atoms with Gasteiger partial charge in [-0.3, -0.25) is 0 Å². The molecule has 0 saturated carbocycles. The number of rotatable bonds is 8. The predicted molar refractivity (Wildman–Crippen MR) is 111 cm³/mol. The van der Waals surface area contributed by atoms with E-state index in [0.29, 0.717) is 30.4 Å². The molecule has 0 aliphatic carbocycles. The summed E-state index contributed by atoms with van der Waals surface area (Å²) >= 11 is 0. The lowest BCUT2D eigenvalue weighted by atomic mass is 9.99. The van der Waals surface area contributed by atoms with Crippen LogP contribution in [0.2, 0.25) is 0 Å². The fourth-order valence-electron chi connectivity index (χ4n) is 3.07. The zero-order valence-electron chi connectivity index (χ0n) is 16.3. The van der Waals surface area contributed by atoms with Crippen molar-refractivity contribution in [3.8, 4) is 17.6 Å². The van der Waals surface area contributed by atoms with Crippen LogP contribution in [0.4, 0.5) is 0 Å². The van der Waals surface area contributed by atoms with Crippen molar-refractivity contribution in [1.29, 1.82) is 5.26 Å². The van der Waals surface area contributed by atoms with Crippen LogP contribution in [0.15, 0.2) is 78.9 Å². The van der Waals surface area contributed by atoms with Crippen molar-refractivity contribution in [2.75, 3.05) is 0 Å². The van der Waals surface area contributed by atoms with Crippen LogP contribution in [0.3, 0.4) is 0 Å². The van der Waals surface area contributed by atoms with E-state index in [9.17, 15) is 0 Å². The van der Waals surface area contributed by atoms with Crippen LogP contribution in [0.25, 0.3) is 0 Å². The van der Waals surface area contributed by atoms with Crippen LogP contribution in [-0.4, -0.2) is 0 Å². The highest BCUT2D eigenvalue weighted by Gasteiger charge is 2.20. The molecule has 0 spiro atoms. The van der Waals surface area contributed by atoms with Crippen molar-refractivity contribution in [2.45, 2.75) is 33.0 Å². The molecule has 0 aliphatic rings. The SMILES string of the molecule is CC(C)C(Oc1ccc(CC#N)cc1OCc1ccccc1)c1ccccc1. The number of hydrogen-bond donors (Lipinski definition) is 0. The molecule has 0 aromatic heterocycles. The molecule has 28 heavy (non-hydrogen) atoms. The van der Waals surface area contributed by atoms with Crippen LogP contribution in [-0.2, 0) is 13.0 Å².